The number of amides is 1. The van der Waals surface area contributed by atoms with Crippen LogP contribution < -0.4 is 4.74 Å². The maximum absolute atomic E-state index is 12.8. The van der Waals surface area contributed by atoms with Gasteiger partial charge in [-0.25, -0.2) is 4.98 Å². The highest BCUT2D eigenvalue weighted by Crippen LogP contribution is 2.30. The fourth-order valence-corrected chi connectivity index (χ4v) is 3.80. The zero-order valence-electron chi connectivity index (χ0n) is 17.1. The Labute approximate surface area is 167 Å². The lowest BCUT2D eigenvalue weighted by Crippen LogP contribution is -2.36. The van der Waals surface area contributed by atoms with Crippen LogP contribution in [-0.2, 0) is 0 Å². The van der Waals surface area contributed by atoms with Gasteiger partial charge in [-0.15, -0.1) is 11.3 Å². The molecule has 1 heterocycles. The van der Waals surface area contributed by atoms with Crippen molar-refractivity contribution in [3.8, 4) is 16.3 Å². The quantitative estimate of drug-likeness (QED) is 0.607. The highest BCUT2D eigenvalue weighted by molar-refractivity contribution is 7.17. The highest BCUT2D eigenvalue weighted by atomic mass is 32.1. The molecule has 6 heteroatoms. The van der Waals surface area contributed by atoms with Gasteiger partial charge in [0, 0.05) is 25.7 Å². The van der Waals surface area contributed by atoms with Crippen molar-refractivity contribution >= 4 is 17.2 Å². The molecule has 0 saturated carbocycles. The van der Waals surface area contributed by atoms with Crippen molar-refractivity contribution in [2.24, 2.45) is 0 Å². The minimum atomic E-state index is 0.0475. The zero-order chi connectivity index (χ0) is 19.8. The van der Waals surface area contributed by atoms with Crippen LogP contribution in [0.25, 0.3) is 10.6 Å². The summed E-state index contributed by atoms with van der Waals surface area (Å²) in [6, 6.07) is 7.92. The Morgan fingerprint density at radius 2 is 1.78 bits per heavy atom. The van der Waals surface area contributed by atoms with Crippen LogP contribution in [0.4, 0.5) is 0 Å². The lowest BCUT2D eigenvalue weighted by atomic mass is 10.2. The molecule has 1 aromatic carbocycles. The molecule has 0 radical (unpaired) electrons. The van der Waals surface area contributed by atoms with E-state index in [0.717, 1.165) is 59.5 Å². The number of aryl methyl sites for hydroxylation is 1. The molecule has 0 aliphatic rings. The average Bonchev–Trinajstić information content (AvgIpc) is 3.08. The molecule has 27 heavy (non-hydrogen) atoms. The minimum absolute atomic E-state index is 0.0475. The Balaban J connectivity index is 2.07. The van der Waals surface area contributed by atoms with E-state index in [1.165, 1.54) is 11.3 Å². The summed E-state index contributed by atoms with van der Waals surface area (Å²) in [5.41, 5.74) is 1.80. The van der Waals surface area contributed by atoms with Gasteiger partial charge in [-0.3, -0.25) is 4.79 Å². The first-order chi connectivity index (χ1) is 13.0. The summed E-state index contributed by atoms with van der Waals surface area (Å²) in [5.74, 6) is 0.910. The standard InChI is InChI=1S/C21H31N3O2S/c1-6-15-26-18-11-9-17(10-12-18)20-22-16(4)19(27-20)21(25)23(5)13-14-24(7-2)8-3/h9-12H,6-8,13-15H2,1-5H3. The highest BCUT2D eigenvalue weighted by Gasteiger charge is 2.20. The number of likely N-dealkylation sites (N-methyl/N-ethyl adjacent to an activating group) is 2. The number of aromatic nitrogens is 1. The van der Waals surface area contributed by atoms with E-state index >= 15 is 0 Å². The van der Waals surface area contributed by atoms with Crippen LogP contribution in [0.2, 0.25) is 0 Å². The average molecular weight is 390 g/mol. The number of hydrogen-bond acceptors (Lipinski definition) is 5. The van der Waals surface area contributed by atoms with E-state index in [-0.39, 0.29) is 5.91 Å². The van der Waals surface area contributed by atoms with Gasteiger partial charge in [0.25, 0.3) is 5.91 Å². The lowest BCUT2D eigenvalue weighted by molar-refractivity contribution is 0.0783. The van der Waals surface area contributed by atoms with Crippen molar-refractivity contribution in [1.29, 1.82) is 0 Å². The second-order valence-corrected chi connectivity index (χ2v) is 7.56. The molecule has 0 atom stereocenters. The summed E-state index contributed by atoms with van der Waals surface area (Å²) in [6.45, 7) is 12.6. The number of carbonyl (C=O) groups is 1. The van der Waals surface area contributed by atoms with Gasteiger partial charge in [0.05, 0.1) is 12.3 Å². The number of rotatable bonds is 10. The van der Waals surface area contributed by atoms with E-state index in [1.807, 2.05) is 38.2 Å². The van der Waals surface area contributed by atoms with E-state index in [4.69, 9.17) is 4.74 Å². The van der Waals surface area contributed by atoms with E-state index in [9.17, 15) is 4.79 Å². The molecular formula is C21H31N3O2S. The van der Waals surface area contributed by atoms with Gasteiger partial charge >= 0.3 is 0 Å². The maximum Gasteiger partial charge on any atom is 0.265 e. The van der Waals surface area contributed by atoms with E-state index in [0.29, 0.717) is 6.61 Å². The number of carbonyl (C=O) groups excluding carboxylic acids is 1. The molecule has 1 aromatic heterocycles. The SMILES string of the molecule is CCCOc1ccc(-c2nc(C)c(C(=O)N(C)CCN(CC)CC)s2)cc1. The van der Waals surface area contributed by atoms with Gasteiger partial charge in [0.1, 0.15) is 15.6 Å². The number of hydrogen-bond donors (Lipinski definition) is 0. The van der Waals surface area contributed by atoms with Gasteiger partial charge in [0.2, 0.25) is 0 Å². The molecule has 148 valence electrons. The summed E-state index contributed by atoms with van der Waals surface area (Å²) in [5, 5.41) is 0.870. The Kier molecular flexibility index (Phi) is 8.25. The summed E-state index contributed by atoms with van der Waals surface area (Å²) < 4.78 is 5.63. The van der Waals surface area contributed by atoms with E-state index in [2.05, 4.69) is 30.7 Å². The molecule has 0 fully saturated rings. The lowest BCUT2D eigenvalue weighted by Gasteiger charge is -2.22. The zero-order valence-corrected chi connectivity index (χ0v) is 17.9. The summed E-state index contributed by atoms with van der Waals surface area (Å²) in [4.78, 5) is 22.3. The van der Waals surface area contributed by atoms with Gasteiger partial charge in [-0.05, 0) is 50.7 Å². The van der Waals surface area contributed by atoms with Crippen LogP contribution in [0, 0.1) is 6.92 Å². The first-order valence-electron chi connectivity index (χ1n) is 9.68. The van der Waals surface area contributed by atoms with Crippen molar-refractivity contribution in [1.82, 2.24) is 14.8 Å². The summed E-state index contributed by atoms with van der Waals surface area (Å²) in [7, 11) is 1.87. The summed E-state index contributed by atoms with van der Waals surface area (Å²) >= 11 is 1.46. The smallest absolute Gasteiger partial charge is 0.265 e. The number of benzene rings is 1. The van der Waals surface area contributed by atoms with Crippen molar-refractivity contribution in [2.45, 2.75) is 34.1 Å². The van der Waals surface area contributed by atoms with Crippen LogP contribution in [0.1, 0.15) is 42.6 Å². The third kappa shape index (κ3) is 5.78. The Hall–Kier alpha value is -1.92. The topological polar surface area (TPSA) is 45.7 Å². The Morgan fingerprint density at radius 3 is 2.37 bits per heavy atom. The van der Waals surface area contributed by atoms with E-state index in [1.54, 1.807) is 4.90 Å². The van der Waals surface area contributed by atoms with Crippen LogP contribution >= 0.6 is 11.3 Å². The predicted molar refractivity (Wildman–Crippen MR) is 113 cm³/mol. The molecule has 0 unspecified atom stereocenters. The number of nitrogens with zero attached hydrogens (tertiary/aromatic N) is 3. The second-order valence-electron chi connectivity index (χ2n) is 6.56. The van der Waals surface area contributed by atoms with Gasteiger partial charge < -0.3 is 14.5 Å². The molecule has 0 aliphatic carbocycles. The molecule has 2 rings (SSSR count). The molecule has 0 spiro atoms. The molecule has 5 nitrogen and oxygen atoms in total. The number of thiazole rings is 1. The van der Waals surface area contributed by atoms with Crippen LogP contribution in [0.3, 0.4) is 0 Å². The molecule has 0 N–H and O–H groups in total. The number of ether oxygens (including phenoxy) is 1. The fourth-order valence-electron chi connectivity index (χ4n) is 2.74. The molecular weight excluding hydrogens is 358 g/mol. The summed E-state index contributed by atoms with van der Waals surface area (Å²) in [6.07, 6.45) is 0.987. The van der Waals surface area contributed by atoms with Gasteiger partial charge in [-0.1, -0.05) is 20.8 Å². The molecule has 0 bridgehead atoms. The first-order valence-corrected chi connectivity index (χ1v) is 10.5. The Bertz CT molecular complexity index is 724. The van der Waals surface area contributed by atoms with Crippen molar-refractivity contribution < 1.29 is 9.53 Å². The monoisotopic (exact) mass is 389 g/mol. The van der Waals surface area contributed by atoms with Gasteiger partial charge in [0.15, 0.2) is 0 Å². The third-order valence-corrected chi connectivity index (χ3v) is 5.75. The van der Waals surface area contributed by atoms with E-state index < -0.39 is 0 Å². The largest absolute Gasteiger partial charge is 0.494 e. The van der Waals surface area contributed by atoms with Crippen molar-refractivity contribution in [3.63, 3.8) is 0 Å². The maximum atomic E-state index is 12.8. The molecule has 0 saturated heterocycles. The molecule has 0 aliphatic heterocycles. The molecule has 2 aromatic rings. The predicted octanol–water partition coefficient (Wildman–Crippen LogP) is 4.32. The second kappa shape index (κ2) is 10.4. The van der Waals surface area contributed by atoms with Crippen molar-refractivity contribution in [2.75, 3.05) is 39.8 Å². The van der Waals surface area contributed by atoms with Gasteiger partial charge in [-0.2, -0.15) is 0 Å². The van der Waals surface area contributed by atoms with Crippen molar-refractivity contribution in [3.05, 3.63) is 34.8 Å². The first kappa shape index (κ1) is 21.4. The molecule has 1 amide bonds. The third-order valence-electron chi connectivity index (χ3n) is 4.56. The minimum Gasteiger partial charge on any atom is -0.494 e. The van der Waals surface area contributed by atoms with Crippen LogP contribution in [0.15, 0.2) is 24.3 Å². The normalized spacial score (nSPS) is 11.0. The van der Waals surface area contributed by atoms with Crippen LogP contribution in [0.5, 0.6) is 5.75 Å². The van der Waals surface area contributed by atoms with Crippen LogP contribution in [-0.4, -0.2) is 60.5 Å². The fraction of sp³-hybridized carbons (Fsp3) is 0.524. The Morgan fingerprint density at radius 1 is 1.11 bits per heavy atom.